The van der Waals surface area contributed by atoms with Crippen molar-refractivity contribution in [3.8, 4) is 0 Å². The fourth-order valence-electron chi connectivity index (χ4n) is 2.91. The van der Waals surface area contributed by atoms with E-state index in [0.29, 0.717) is 17.3 Å². The van der Waals surface area contributed by atoms with Crippen LogP contribution in [0.25, 0.3) is 16.6 Å². The van der Waals surface area contributed by atoms with Crippen LogP contribution in [0.4, 0.5) is 5.13 Å². The van der Waals surface area contributed by atoms with Crippen LogP contribution in [0.15, 0.2) is 35.5 Å². The van der Waals surface area contributed by atoms with E-state index < -0.39 is 0 Å². The van der Waals surface area contributed by atoms with Crippen molar-refractivity contribution in [2.45, 2.75) is 32.3 Å². The third kappa shape index (κ3) is 3.54. The van der Waals surface area contributed by atoms with Gasteiger partial charge in [0.15, 0.2) is 15.9 Å². The molecule has 138 valence electrons. The number of para-hydroxylation sites is 1. The van der Waals surface area contributed by atoms with Gasteiger partial charge in [-0.05, 0) is 38.5 Å². The summed E-state index contributed by atoms with van der Waals surface area (Å²) in [5, 5.41) is 14.1. The van der Waals surface area contributed by atoms with Crippen LogP contribution < -0.4 is 5.32 Å². The largest absolute Gasteiger partial charge is 0.302 e. The Kier molecular flexibility index (Phi) is 4.84. The van der Waals surface area contributed by atoms with E-state index >= 15 is 0 Å². The number of thioether (sulfide) groups is 1. The third-order valence-corrected chi connectivity index (χ3v) is 6.33. The molecular formula is C19H19N5OS2. The summed E-state index contributed by atoms with van der Waals surface area (Å²) in [5.74, 6) is 0.587. The van der Waals surface area contributed by atoms with Crippen LogP contribution in [0.1, 0.15) is 22.6 Å². The van der Waals surface area contributed by atoms with E-state index in [-0.39, 0.29) is 5.91 Å². The molecule has 27 heavy (non-hydrogen) atoms. The molecule has 6 nitrogen and oxygen atoms in total. The number of thiazole rings is 1. The molecule has 0 aliphatic heterocycles. The van der Waals surface area contributed by atoms with Gasteiger partial charge in [0.25, 0.3) is 0 Å². The minimum atomic E-state index is -0.0363. The molecule has 0 aliphatic rings. The Morgan fingerprint density at radius 3 is 2.81 bits per heavy atom. The molecule has 0 saturated heterocycles. The summed E-state index contributed by atoms with van der Waals surface area (Å²) in [5.41, 5.74) is 4.04. The van der Waals surface area contributed by atoms with Crippen molar-refractivity contribution in [1.29, 1.82) is 0 Å². The molecule has 4 rings (SSSR count). The van der Waals surface area contributed by atoms with Crippen molar-refractivity contribution < 1.29 is 4.79 Å². The van der Waals surface area contributed by atoms with Gasteiger partial charge < -0.3 is 5.32 Å². The molecule has 0 saturated carbocycles. The Bertz CT molecular complexity index is 1130. The average molecular weight is 398 g/mol. The van der Waals surface area contributed by atoms with Gasteiger partial charge in [-0.25, -0.2) is 4.98 Å². The maximum absolute atomic E-state index is 12.2. The number of carbonyl (C=O) groups is 1. The monoisotopic (exact) mass is 397 g/mol. The second-order valence-corrected chi connectivity index (χ2v) is 8.59. The number of aromatic nitrogens is 4. The molecule has 0 aliphatic carbocycles. The van der Waals surface area contributed by atoms with Gasteiger partial charge in [0.05, 0.1) is 11.2 Å². The number of amides is 1. The Morgan fingerprint density at radius 1 is 1.22 bits per heavy atom. The van der Waals surface area contributed by atoms with Gasteiger partial charge in [-0.15, -0.1) is 21.5 Å². The highest BCUT2D eigenvalue weighted by Crippen LogP contribution is 2.26. The summed E-state index contributed by atoms with van der Waals surface area (Å²) in [6.07, 6.45) is 0.390. The van der Waals surface area contributed by atoms with Crippen molar-refractivity contribution in [3.05, 3.63) is 46.5 Å². The number of hydrogen-bond donors (Lipinski definition) is 1. The van der Waals surface area contributed by atoms with Crippen LogP contribution in [0.3, 0.4) is 0 Å². The van der Waals surface area contributed by atoms with Crippen LogP contribution in [-0.2, 0) is 4.79 Å². The summed E-state index contributed by atoms with van der Waals surface area (Å²) in [4.78, 5) is 17.6. The van der Waals surface area contributed by atoms with Crippen molar-refractivity contribution in [1.82, 2.24) is 19.6 Å². The zero-order valence-corrected chi connectivity index (χ0v) is 16.9. The fraction of sp³-hybridized carbons (Fsp3) is 0.263. The van der Waals surface area contributed by atoms with Gasteiger partial charge in [0, 0.05) is 22.4 Å². The molecule has 0 atom stereocenters. The van der Waals surface area contributed by atoms with E-state index in [2.05, 4.69) is 44.0 Å². The number of anilines is 1. The number of nitrogens with zero attached hydrogens (tertiary/aromatic N) is 4. The third-order valence-electron chi connectivity index (χ3n) is 4.41. The molecule has 1 N–H and O–H groups in total. The summed E-state index contributed by atoms with van der Waals surface area (Å²) in [6.45, 7) is 6.02. The molecule has 0 radical (unpaired) electrons. The number of carbonyl (C=O) groups excluding carboxylic acids is 1. The minimum absolute atomic E-state index is 0.0363. The van der Waals surface area contributed by atoms with E-state index in [9.17, 15) is 4.79 Å². The van der Waals surface area contributed by atoms with E-state index in [4.69, 9.17) is 0 Å². The zero-order valence-electron chi connectivity index (χ0n) is 15.3. The van der Waals surface area contributed by atoms with E-state index in [0.717, 1.165) is 26.9 Å². The predicted molar refractivity (Wildman–Crippen MR) is 111 cm³/mol. The Labute approximate surface area is 165 Å². The van der Waals surface area contributed by atoms with Gasteiger partial charge in [-0.1, -0.05) is 30.0 Å². The highest BCUT2D eigenvalue weighted by molar-refractivity contribution is 7.99. The van der Waals surface area contributed by atoms with Gasteiger partial charge in [-0.3, -0.25) is 9.20 Å². The molecule has 0 bridgehead atoms. The fourth-order valence-corrected chi connectivity index (χ4v) is 4.63. The molecule has 4 aromatic rings. The first-order valence-corrected chi connectivity index (χ1v) is 10.4. The number of nitrogens with one attached hydrogen (secondary N) is 1. The van der Waals surface area contributed by atoms with E-state index in [1.165, 1.54) is 34.0 Å². The zero-order chi connectivity index (χ0) is 19.0. The van der Waals surface area contributed by atoms with Gasteiger partial charge in [0.1, 0.15) is 0 Å². The van der Waals surface area contributed by atoms with Crippen LogP contribution in [-0.4, -0.2) is 31.2 Å². The lowest BCUT2D eigenvalue weighted by Crippen LogP contribution is -2.12. The molecule has 1 amide bonds. The first-order chi connectivity index (χ1) is 13.0. The van der Waals surface area contributed by atoms with Crippen molar-refractivity contribution in [2.75, 3.05) is 11.1 Å². The van der Waals surface area contributed by atoms with Gasteiger partial charge in [0.2, 0.25) is 5.91 Å². The van der Waals surface area contributed by atoms with Crippen molar-refractivity contribution in [2.24, 2.45) is 0 Å². The molecule has 3 aromatic heterocycles. The summed E-state index contributed by atoms with van der Waals surface area (Å²) < 4.78 is 2.05. The quantitative estimate of drug-likeness (QED) is 0.506. The summed E-state index contributed by atoms with van der Waals surface area (Å²) >= 11 is 3.04. The molecule has 0 unspecified atom stereocenters. The smallest absolute Gasteiger partial charge is 0.226 e. The van der Waals surface area contributed by atoms with Crippen molar-refractivity contribution in [3.63, 3.8) is 0 Å². The maximum atomic E-state index is 12.2. The average Bonchev–Trinajstić information content (AvgIpc) is 3.18. The molecule has 0 spiro atoms. The predicted octanol–water partition coefficient (Wildman–Crippen LogP) is 4.39. The molecule has 0 fully saturated rings. The number of benzene rings is 1. The SMILES string of the molecule is Cc1nc(NC(=O)CCSc2nnc3cc(C)c4ccccc4n23)sc1C. The van der Waals surface area contributed by atoms with Gasteiger partial charge >= 0.3 is 0 Å². The number of hydrogen-bond acceptors (Lipinski definition) is 6. The van der Waals surface area contributed by atoms with Gasteiger partial charge in [-0.2, -0.15) is 0 Å². The van der Waals surface area contributed by atoms with Crippen LogP contribution in [0.5, 0.6) is 0 Å². The molecule has 8 heteroatoms. The Morgan fingerprint density at radius 2 is 2.04 bits per heavy atom. The second kappa shape index (κ2) is 7.28. The number of fused-ring (bicyclic) bond motifs is 3. The molecule has 1 aromatic carbocycles. The minimum Gasteiger partial charge on any atom is -0.302 e. The summed E-state index contributed by atoms with van der Waals surface area (Å²) in [7, 11) is 0. The number of aryl methyl sites for hydroxylation is 3. The molecular weight excluding hydrogens is 378 g/mol. The highest BCUT2D eigenvalue weighted by Gasteiger charge is 2.13. The number of pyridine rings is 1. The lowest BCUT2D eigenvalue weighted by molar-refractivity contribution is -0.115. The normalized spacial score (nSPS) is 11.4. The van der Waals surface area contributed by atoms with Crippen molar-refractivity contribution >= 4 is 50.7 Å². The van der Waals surface area contributed by atoms with E-state index in [1.54, 1.807) is 0 Å². The highest BCUT2D eigenvalue weighted by atomic mass is 32.2. The first-order valence-electron chi connectivity index (χ1n) is 8.63. The Hall–Kier alpha value is -2.45. The lowest BCUT2D eigenvalue weighted by atomic mass is 10.1. The first kappa shape index (κ1) is 17.9. The Balaban J connectivity index is 1.48. The second-order valence-electron chi connectivity index (χ2n) is 6.33. The standard InChI is InChI=1S/C19H19N5OS2/c1-11-10-16-22-23-19(24(16)15-7-5-4-6-14(11)15)26-9-8-17(25)21-18-20-12(2)13(3)27-18/h4-7,10H,8-9H2,1-3H3,(H,20,21,25). The number of rotatable bonds is 5. The lowest BCUT2D eigenvalue weighted by Gasteiger charge is -2.07. The van der Waals surface area contributed by atoms with Crippen LogP contribution in [0.2, 0.25) is 0 Å². The van der Waals surface area contributed by atoms with E-state index in [1.807, 2.05) is 32.0 Å². The van der Waals surface area contributed by atoms with Crippen LogP contribution >= 0.6 is 23.1 Å². The van der Waals surface area contributed by atoms with Crippen LogP contribution in [0, 0.1) is 20.8 Å². The molecule has 3 heterocycles. The topological polar surface area (TPSA) is 72.2 Å². The maximum Gasteiger partial charge on any atom is 0.226 e. The summed E-state index contributed by atoms with van der Waals surface area (Å²) in [6, 6.07) is 10.3.